The molecule has 0 amide bonds. The summed E-state index contributed by atoms with van der Waals surface area (Å²) in [7, 11) is -12.6. The minimum absolute atomic E-state index is 0.224. The highest BCUT2D eigenvalue weighted by Crippen LogP contribution is 2.48. The highest BCUT2D eigenvalue weighted by Gasteiger charge is 2.44. The van der Waals surface area contributed by atoms with E-state index < -0.39 is 41.2 Å². The van der Waals surface area contributed by atoms with Crippen LogP contribution in [-0.2, 0) is 50.6 Å². The van der Waals surface area contributed by atoms with Crippen LogP contribution in [0.4, 0.5) is 11.4 Å². The van der Waals surface area contributed by atoms with E-state index in [0.29, 0.717) is 36.4 Å². The molecule has 2 aromatic carbocycles. The maximum Gasteiger partial charge on any atom is 0.294 e. The van der Waals surface area contributed by atoms with Gasteiger partial charge in [0.05, 0.1) is 33.9 Å². The lowest BCUT2D eigenvalue weighted by molar-refractivity contribution is -0.438. The lowest BCUT2D eigenvalue weighted by atomic mass is 9.81. The van der Waals surface area contributed by atoms with E-state index >= 15 is 0 Å². The van der Waals surface area contributed by atoms with Crippen LogP contribution < -0.4 is 4.90 Å². The fraction of sp³-hybridized carbons (Fsp3) is 0.417. The van der Waals surface area contributed by atoms with Crippen molar-refractivity contribution in [3.8, 4) is 0 Å². The second-order valence-corrected chi connectivity index (χ2v) is 19.5. The van der Waals surface area contributed by atoms with Crippen LogP contribution in [0.15, 0.2) is 93.9 Å². The fourth-order valence-corrected chi connectivity index (χ4v) is 8.85. The van der Waals surface area contributed by atoms with Crippen molar-refractivity contribution in [3.63, 3.8) is 0 Å². The Morgan fingerprint density at radius 3 is 2.15 bits per heavy atom. The topological polar surface area (TPSA) is 208 Å². The molecule has 4 N–H and O–H groups in total. The number of rotatable bonds is 18. The van der Waals surface area contributed by atoms with Crippen molar-refractivity contribution in [2.24, 2.45) is 0 Å². The molecule has 0 radical (unpaired) electrons. The van der Waals surface area contributed by atoms with Gasteiger partial charge >= 0.3 is 0 Å². The molecule has 0 spiro atoms. The van der Waals surface area contributed by atoms with Gasteiger partial charge in [-0.3, -0.25) is 13.7 Å². The summed E-state index contributed by atoms with van der Waals surface area (Å²) < 4.78 is 104. The molecule has 14 nitrogen and oxygen atoms in total. The Kier molecular flexibility index (Phi) is 14.0. The molecule has 0 unspecified atom stereocenters. The van der Waals surface area contributed by atoms with Crippen LogP contribution in [0.1, 0.15) is 71.4 Å². The number of fused-ring (bicyclic) bond motifs is 2. The Bertz CT molecular complexity index is 2220. The summed E-state index contributed by atoms with van der Waals surface area (Å²) in [6.45, 7) is 10.8. The first-order chi connectivity index (χ1) is 25.1. The molecule has 0 saturated heterocycles. The van der Waals surface area contributed by atoms with Gasteiger partial charge in [0.1, 0.15) is 6.54 Å². The molecule has 18 heteroatoms. The predicted octanol–water partition coefficient (Wildman–Crippen LogP) is 6.81. The number of nitrogens with zero attached hydrogens (tertiary/aromatic N) is 2. The van der Waals surface area contributed by atoms with Crippen molar-refractivity contribution in [2.45, 2.75) is 80.9 Å². The first-order valence-corrected chi connectivity index (χ1v) is 22.4. The van der Waals surface area contributed by atoms with Crippen LogP contribution in [0.5, 0.6) is 0 Å². The normalized spacial score (nSPS) is 18.1. The van der Waals surface area contributed by atoms with Crippen LogP contribution in [0.2, 0.25) is 0 Å². The standard InChI is InChI=1S/C36H46N2O12S4/c1-26(12-10-14-33-35(2,3)29-24-27(51-50-49-39)16-18-31(29)37(33)20-6-8-22-52(40,41)42)13-11-15-34-36(4,5)30-25-28(54(46,47)48)17-19-32(30)38(34)21-7-9-23-53(43,44)45/h10-19,24-25H,6-9,20-23H2,1-5H3,(H3-,39,40,41,42,43,44,45,46,47,48)/p+1. The van der Waals surface area contributed by atoms with Gasteiger partial charge in [-0.2, -0.15) is 29.8 Å². The van der Waals surface area contributed by atoms with Gasteiger partial charge in [0.2, 0.25) is 5.69 Å². The number of anilines is 1. The molecule has 0 saturated carbocycles. The van der Waals surface area contributed by atoms with Crippen molar-refractivity contribution in [2.75, 3.05) is 29.5 Å². The van der Waals surface area contributed by atoms with E-state index in [1.54, 1.807) is 6.07 Å². The zero-order valence-corrected chi connectivity index (χ0v) is 33.9. The third-order valence-corrected chi connectivity index (χ3v) is 12.5. The van der Waals surface area contributed by atoms with E-state index in [9.17, 15) is 38.9 Å². The maximum absolute atomic E-state index is 12.0. The Morgan fingerprint density at radius 1 is 0.852 bits per heavy atom. The van der Waals surface area contributed by atoms with E-state index in [1.807, 2.05) is 80.3 Å². The molecule has 0 atom stereocenters. The van der Waals surface area contributed by atoms with Crippen LogP contribution in [0.3, 0.4) is 0 Å². The number of hydrogen-bond donors (Lipinski definition) is 4. The highest BCUT2D eigenvalue weighted by molar-refractivity contribution is 7.94. The Morgan fingerprint density at radius 2 is 1.52 bits per heavy atom. The van der Waals surface area contributed by atoms with Gasteiger partial charge in [-0.15, -0.1) is 4.33 Å². The van der Waals surface area contributed by atoms with Gasteiger partial charge in [0.15, 0.2) is 5.71 Å². The molecule has 2 aliphatic rings. The average Bonchev–Trinajstić information content (AvgIpc) is 3.40. The monoisotopic (exact) mass is 827 g/mol. The van der Waals surface area contributed by atoms with Gasteiger partial charge in [-0.25, -0.2) is 5.26 Å². The van der Waals surface area contributed by atoms with E-state index in [-0.39, 0.29) is 29.2 Å². The first kappa shape index (κ1) is 43.6. The summed E-state index contributed by atoms with van der Waals surface area (Å²) in [6, 6.07) is 10.1. The van der Waals surface area contributed by atoms with Gasteiger partial charge < -0.3 is 4.90 Å². The summed E-state index contributed by atoms with van der Waals surface area (Å²) in [4.78, 5) is 2.46. The average molecular weight is 828 g/mol. The molecule has 0 aromatic heterocycles. The number of unbranched alkanes of at least 4 members (excludes halogenated alkanes) is 2. The second-order valence-electron chi connectivity index (χ2n) is 14.2. The maximum atomic E-state index is 12.0. The van der Waals surface area contributed by atoms with Crippen LogP contribution in [0.25, 0.3) is 0 Å². The summed E-state index contributed by atoms with van der Waals surface area (Å²) in [6.07, 6.45) is 13.0. The third kappa shape index (κ3) is 11.0. The minimum Gasteiger partial charge on any atom is -0.344 e. The Balaban J connectivity index is 1.62. The van der Waals surface area contributed by atoms with Crippen molar-refractivity contribution in [3.05, 3.63) is 95.3 Å². The molecular weight excluding hydrogens is 781 g/mol. The van der Waals surface area contributed by atoms with Gasteiger partial charge in [-0.1, -0.05) is 48.8 Å². The minimum atomic E-state index is -4.45. The van der Waals surface area contributed by atoms with Crippen molar-refractivity contribution in [1.82, 2.24) is 0 Å². The van der Waals surface area contributed by atoms with Gasteiger partial charge in [0, 0.05) is 52.4 Å². The molecular formula is C36H47N2O12S4+. The van der Waals surface area contributed by atoms with Crippen LogP contribution >= 0.6 is 12.0 Å². The Labute approximate surface area is 321 Å². The van der Waals surface area contributed by atoms with E-state index in [4.69, 9.17) is 5.26 Å². The van der Waals surface area contributed by atoms with E-state index in [0.717, 1.165) is 46.0 Å². The number of allylic oxidation sites excluding steroid dienone is 8. The largest absolute Gasteiger partial charge is 0.344 e. The second kappa shape index (κ2) is 17.3. The lowest BCUT2D eigenvalue weighted by Crippen LogP contribution is -2.28. The summed E-state index contributed by atoms with van der Waals surface area (Å²) in [5.74, 6) is -0.708. The molecule has 2 aliphatic heterocycles. The van der Waals surface area contributed by atoms with E-state index in [2.05, 4.69) is 27.8 Å². The smallest absolute Gasteiger partial charge is 0.294 e. The third-order valence-electron chi connectivity index (χ3n) is 9.48. The molecule has 0 bridgehead atoms. The molecule has 0 aliphatic carbocycles. The molecule has 0 fully saturated rings. The first-order valence-electron chi connectivity index (χ1n) is 17.0. The molecule has 2 heterocycles. The molecule has 4 rings (SSSR count). The summed E-state index contributed by atoms with van der Waals surface area (Å²) in [5.41, 5.74) is 4.86. The van der Waals surface area contributed by atoms with Crippen LogP contribution in [-0.4, -0.2) is 79.1 Å². The quantitative estimate of drug-likeness (QED) is 0.0232. The molecule has 54 heavy (non-hydrogen) atoms. The zero-order chi connectivity index (χ0) is 40.1. The fourth-order valence-electron chi connectivity index (χ4n) is 6.80. The van der Waals surface area contributed by atoms with Gasteiger partial charge in [0.25, 0.3) is 30.4 Å². The predicted molar refractivity (Wildman–Crippen MR) is 208 cm³/mol. The van der Waals surface area contributed by atoms with E-state index in [1.165, 1.54) is 12.1 Å². The molecule has 296 valence electrons. The van der Waals surface area contributed by atoms with Crippen molar-refractivity contribution < 1.29 is 58.1 Å². The highest BCUT2D eigenvalue weighted by atomic mass is 32.2. The Hall–Kier alpha value is -3.17. The number of benzene rings is 2. The van der Waals surface area contributed by atoms with Crippen molar-refractivity contribution in [1.29, 1.82) is 0 Å². The summed E-state index contributed by atoms with van der Waals surface area (Å²) in [5, 5.41) is 12.4. The van der Waals surface area contributed by atoms with Gasteiger partial charge in [-0.05, 0) is 82.0 Å². The SMILES string of the molecule is CC(/C=C/C=C1/N(CCCCS(=O)(=O)O)c2ccc(S(=O)(=O)O)cc2C1(C)C)=C\C=C\C1=[N+](CCCCS(=O)(=O)O)c2ccc(SOOO)cc2C1(C)C. The van der Waals surface area contributed by atoms with Crippen LogP contribution in [0, 0.1) is 0 Å². The zero-order valence-electron chi connectivity index (χ0n) is 30.7. The summed E-state index contributed by atoms with van der Waals surface area (Å²) >= 11 is 0.853. The lowest BCUT2D eigenvalue weighted by Gasteiger charge is -2.27. The number of hydrogen-bond acceptors (Lipinski definition) is 11. The molecule has 2 aromatic rings. The van der Waals surface area contributed by atoms with Crippen molar-refractivity contribution >= 4 is 59.5 Å².